The largest absolute Gasteiger partial charge is 0.496 e. The fourth-order valence-electron chi connectivity index (χ4n) is 10.0. The van der Waals surface area contributed by atoms with Gasteiger partial charge in [0.25, 0.3) is 5.91 Å². The van der Waals surface area contributed by atoms with E-state index in [0.29, 0.717) is 63.9 Å². The first kappa shape index (κ1) is 32.1. The van der Waals surface area contributed by atoms with Crippen molar-refractivity contribution >= 4 is 38.6 Å². The summed E-state index contributed by atoms with van der Waals surface area (Å²) in [6.07, 6.45) is 12.5. The molecule has 2 saturated heterocycles. The van der Waals surface area contributed by atoms with E-state index >= 15 is 0 Å². The van der Waals surface area contributed by atoms with Crippen molar-refractivity contribution < 1.29 is 27.5 Å². The van der Waals surface area contributed by atoms with Gasteiger partial charge in [-0.25, -0.2) is 12.7 Å². The number of benzene rings is 1. The zero-order valence-corrected chi connectivity index (χ0v) is 29.8. The molecule has 264 valence electrons. The number of likely N-dealkylation sites (tertiary alicyclic amines) is 2. The van der Waals surface area contributed by atoms with Crippen LogP contribution in [0.2, 0.25) is 0 Å². The monoisotopic (exact) mass is 698 g/mol. The summed E-state index contributed by atoms with van der Waals surface area (Å²) >= 11 is 0. The Hall–Kier alpha value is -3.86. The van der Waals surface area contributed by atoms with Crippen molar-refractivity contribution in [3.05, 3.63) is 64.4 Å². The molecular weight excluding hydrogens is 653 g/mol. The van der Waals surface area contributed by atoms with E-state index in [1.54, 1.807) is 12.0 Å². The van der Waals surface area contributed by atoms with Crippen LogP contribution in [-0.4, -0.2) is 89.9 Å². The molecule has 7 aliphatic rings. The molecule has 3 atom stereocenters. The number of nitrogens with zero attached hydrogens (tertiary/aromatic N) is 4. The average molecular weight is 699 g/mol. The Balaban J connectivity index is 1.15. The number of piperidine rings is 1. The zero-order chi connectivity index (χ0) is 34.5. The summed E-state index contributed by atoms with van der Waals surface area (Å²) in [4.78, 5) is 46.6. The first-order valence-electron chi connectivity index (χ1n) is 18.6. The van der Waals surface area contributed by atoms with E-state index < -0.39 is 26.6 Å². The number of aromatic nitrogens is 1. The molecule has 3 amide bonds. The lowest BCUT2D eigenvalue weighted by atomic mass is 9.74. The second-order valence-corrected chi connectivity index (χ2v) is 17.8. The number of carbonyl (C=O) groups excluding carboxylic acids is 3. The van der Waals surface area contributed by atoms with Crippen molar-refractivity contribution in [2.75, 3.05) is 33.8 Å². The Bertz CT molecular complexity index is 2030. The molecule has 1 spiro atoms. The van der Waals surface area contributed by atoms with E-state index in [2.05, 4.69) is 22.8 Å². The van der Waals surface area contributed by atoms with E-state index in [4.69, 9.17) is 4.74 Å². The Labute approximate surface area is 293 Å². The maximum absolute atomic E-state index is 14.8. The highest BCUT2D eigenvalue weighted by Gasteiger charge is 2.54. The highest BCUT2D eigenvalue weighted by atomic mass is 32.2. The van der Waals surface area contributed by atoms with E-state index in [9.17, 15) is 22.8 Å². The summed E-state index contributed by atoms with van der Waals surface area (Å²) in [5.74, 6) is -0.236. The molecule has 10 nitrogen and oxygen atoms in total. The number of amides is 3. The van der Waals surface area contributed by atoms with Crippen LogP contribution in [0.3, 0.4) is 0 Å². The number of ether oxygens (including phenoxy) is 1. The summed E-state index contributed by atoms with van der Waals surface area (Å²) < 4.78 is 37.2. The van der Waals surface area contributed by atoms with Gasteiger partial charge in [0.15, 0.2) is 0 Å². The molecule has 4 fully saturated rings. The highest BCUT2D eigenvalue weighted by molar-refractivity contribution is 7.90. The summed E-state index contributed by atoms with van der Waals surface area (Å²) in [5.41, 5.74) is 4.59. The van der Waals surface area contributed by atoms with Gasteiger partial charge in [0.1, 0.15) is 5.75 Å². The molecule has 2 aromatic rings. The lowest BCUT2D eigenvalue weighted by Crippen LogP contribution is -2.51. The minimum Gasteiger partial charge on any atom is -0.496 e. The van der Waals surface area contributed by atoms with Crippen molar-refractivity contribution in [1.29, 1.82) is 0 Å². The molecule has 11 heteroatoms. The van der Waals surface area contributed by atoms with Gasteiger partial charge in [-0.3, -0.25) is 14.4 Å². The molecule has 0 N–H and O–H groups in total. The minimum absolute atomic E-state index is 0.0415. The van der Waals surface area contributed by atoms with Crippen LogP contribution in [0.15, 0.2) is 58.7 Å². The van der Waals surface area contributed by atoms with Crippen molar-refractivity contribution in [2.45, 2.75) is 94.4 Å². The molecule has 2 saturated carbocycles. The van der Waals surface area contributed by atoms with Gasteiger partial charge in [-0.05, 0) is 86.3 Å². The summed E-state index contributed by atoms with van der Waals surface area (Å²) in [6, 6.07) is 7.78. The van der Waals surface area contributed by atoms with Gasteiger partial charge in [-0.2, -0.15) is 0 Å². The lowest BCUT2D eigenvalue weighted by Gasteiger charge is -2.42. The molecule has 0 bridgehead atoms. The SMILES string of the molecule is COc1cccc2c1cc1n2CC2=C(C(=O)N(C3CCCCC3)S(=O)(=O)C3CC3)C2=C2C=CC[C@@H](C(=O)N3CCCC4(CCN(C)C4=O)C3)C21. The third-order valence-electron chi connectivity index (χ3n) is 12.8. The van der Waals surface area contributed by atoms with Crippen LogP contribution in [0.25, 0.3) is 10.9 Å². The second-order valence-electron chi connectivity index (χ2n) is 15.7. The molecule has 9 rings (SSSR count). The number of methoxy groups -OCH3 is 1. The number of hydrogen-bond acceptors (Lipinski definition) is 6. The summed E-state index contributed by atoms with van der Waals surface area (Å²) in [5, 5.41) is 0.468. The van der Waals surface area contributed by atoms with Gasteiger partial charge in [0.2, 0.25) is 21.8 Å². The molecule has 50 heavy (non-hydrogen) atoms. The van der Waals surface area contributed by atoms with Gasteiger partial charge in [0.05, 0.1) is 34.8 Å². The first-order valence-corrected chi connectivity index (χ1v) is 20.1. The predicted octanol–water partition coefficient (Wildman–Crippen LogP) is 5.05. The fraction of sp³-hybridized carbons (Fsp3) is 0.564. The van der Waals surface area contributed by atoms with Gasteiger partial charge >= 0.3 is 0 Å². The smallest absolute Gasteiger partial charge is 0.268 e. The molecular formula is C39H46N4O6S. The van der Waals surface area contributed by atoms with Crippen molar-refractivity contribution in [2.24, 2.45) is 11.3 Å². The van der Waals surface area contributed by atoms with Crippen molar-refractivity contribution in [3.8, 4) is 5.75 Å². The van der Waals surface area contributed by atoms with E-state index in [-0.39, 0.29) is 29.7 Å². The number of allylic oxidation sites excluding steroid dienone is 4. The zero-order valence-electron chi connectivity index (χ0n) is 29.0. The van der Waals surface area contributed by atoms with Gasteiger partial charge < -0.3 is 19.1 Å². The molecule has 4 heterocycles. The quantitative estimate of drug-likeness (QED) is 0.418. The molecule has 3 aliphatic heterocycles. The maximum Gasteiger partial charge on any atom is 0.268 e. The van der Waals surface area contributed by atoms with Crippen LogP contribution in [0.5, 0.6) is 5.75 Å². The van der Waals surface area contributed by atoms with Gasteiger partial charge in [0, 0.05) is 56.3 Å². The number of rotatable bonds is 6. The van der Waals surface area contributed by atoms with Gasteiger partial charge in [-0.1, -0.05) is 37.5 Å². The highest BCUT2D eigenvalue weighted by Crippen LogP contribution is 2.56. The summed E-state index contributed by atoms with van der Waals surface area (Å²) in [6.45, 7) is 2.20. The molecule has 1 aromatic heterocycles. The molecule has 0 radical (unpaired) electrons. The maximum atomic E-state index is 14.8. The third-order valence-corrected chi connectivity index (χ3v) is 15.1. The fourth-order valence-corrected chi connectivity index (χ4v) is 12.0. The third kappa shape index (κ3) is 4.78. The summed E-state index contributed by atoms with van der Waals surface area (Å²) in [7, 11) is -0.261. The first-order chi connectivity index (χ1) is 24.1. The normalized spacial score (nSPS) is 28.2. The van der Waals surface area contributed by atoms with Crippen LogP contribution < -0.4 is 4.74 Å². The molecule has 2 unspecified atom stereocenters. The lowest BCUT2D eigenvalue weighted by molar-refractivity contribution is -0.145. The standard InChI is InChI=1S/C39H46N4O6S/c1-40-20-18-39(38(40)46)17-8-19-41(23-39)36(44)27-12-6-11-26-33(27)31-21-28-30(13-7-14-32(28)49-2)42(31)22-29-34(26)35(29)37(45)43(24-9-4-3-5-10-24)50(47,48)25-15-16-25/h6-7,11,13-14,21,24-25,27,33H,3-5,8-10,12,15-20,22-23H2,1-2H3/t27-,33?,39?/m1/s1. The predicted molar refractivity (Wildman–Crippen MR) is 189 cm³/mol. The topological polar surface area (TPSA) is 109 Å². The Kier molecular flexibility index (Phi) is 7.43. The van der Waals surface area contributed by atoms with E-state index in [0.717, 1.165) is 77.6 Å². The van der Waals surface area contributed by atoms with Crippen LogP contribution in [-0.2, 0) is 31.0 Å². The number of sulfonamides is 1. The van der Waals surface area contributed by atoms with Crippen LogP contribution in [0, 0.1) is 11.3 Å². The van der Waals surface area contributed by atoms with Crippen LogP contribution in [0.4, 0.5) is 0 Å². The minimum atomic E-state index is -3.77. The Morgan fingerprint density at radius 3 is 2.54 bits per heavy atom. The Morgan fingerprint density at radius 1 is 1.02 bits per heavy atom. The van der Waals surface area contributed by atoms with Crippen LogP contribution >= 0.6 is 0 Å². The number of carbonyl (C=O) groups is 3. The van der Waals surface area contributed by atoms with Crippen LogP contribution in [0.1, 0.15) is 82.2 Å². The second kappa shape index (κ2) is 11.6. The average Bonchev–Trinajstić information content (AvgIpc) is 4.05. The molecule has 4 aliphatic carbocycles. The van der Waals surface area contributed by atoms with Crippen molar-refractivity contribution in [1.82, 2.24) is 18.7 Å². The van der Waals surface area contributed by atoms with E-state index in [1.165, 1.54) is 4.31 Å². The van der Waals surface area contributed by atoms with E-state index in [1.807, 2.05) is 30.2 Å². The Morgan fingerprint density at radius 2 is 1.82 bits per heavy atom. The van der Waals surface area contributed by atoms with Crippen molar-refractivity contribution in [3.63, 3.8) is 0 Å². The van der Waals surface area contributed by atoms with Gasteiger partial charge in [-0.15, -0.1) is 0 Å². The number of hydrogen-bond donors (Lipinski definition) is 0. The molecule has 1 aromatic carbocycles. The number of fused-ring (bicyclic) bond motifs is 6.